The number of nitrogens with zero attached hydrogens (tertiary/aromatic N) is 1. The van der Waals surface area contributed by atoms with Crippen LogP contribution in [-0.4, -0.2) is 74.1 Å². The highest BCUT2D eigenvalue weighted by Crippen LogP contribution is 2.16. The highest BCUT2D eigenvalue weighted by Gasteiger charge is 2.35. The van der Waals surface area contributed by atoms with Crippen LogP contribution in [-0.2, 0) is 24.2 Å². The van der Waals surface area contributed by atoms with Gasteiger partial charge in [-0.05, 0) is 64.2 Å². The van der Waals surface area contributed by atoms with Gasteiger partial charge in [0.05, 0.1) is 27.1 Å². The van der Waals surface area contributed by atoms with E-state index in [4.69, 9.17) is 5.73 Å². The summed E-state index contributed by atoms with van der Waals surface area (Å²) in [5, 5.41) is 10.7. The minimum absolute atomic E-state index is 0.0547. The van der Waals surface area contributed by atoms with Gasteiger partial charge in [0.25, 0.3) is 0 Å². The number of nitrogens with two attached hydrogens (primary N) is 1. The second-order valence-corrected chi connectivity index (χ2v) is 15.9. The Morgan fingerprint density at radius 3 is 1.33 bits per heavy atom. The van der Waals surface area contributed by atoms with Crippen LogP contribution in [0.5, 0.6) is 0 Å². The molecule has 9 nitrogen and oxygen atoms in total. The maximum atomic E-state index is 13.1. The van der Waals surface area contributed by atoms with E-state index < -0.39 is 16.5 Å². The zero-order chi connectivity index (χ0) is 39.2. The summed E-state index contributed by atoms with van der Waals surface area (Å²) in [6.45, 7) is 5.49. The third-order valence-corrected chi connectivity index (χ3v) is 10.1. The van der Waals surface area contributed by atoms with Gasteiger partial charge in [0.1, 0.15) is 6.54 Å². The lowest BCUT2D eigenvalue weighted by molar-refractivity contribution is -0.835. The van der Waals surface area contributed by atoms with Crippen LogP contribution in [0.15, 0.2) is 24.3 Å². The third kappa shape index (κ3) is 36.9. The van der Waals surface area contributed by atoms with Crippen molar-refractivity contribution in [3.63, 3.8) is 0 Å². The molecule has 0 aliphatic heterocycles. The normalized spacial score (nSPS) is 13.7. The molecule has 0 bridgehead atoms. The van der Waals surface area contributed by atoms with E-state index in [1.54, 1.807) is 0 Å². The van der Waals surface area contributed by atoms with Gasteiger partial charge in [-0.15, -0.1) is 0 Å². The molecule has 0 fully saturated rings. The number of likely N-dealkylation sites (N-methyl/N-ethyl adjacent to an activating group) is 1. The fourth-order valence-electron chi connectivity index (χ4n) is 6.24. The van der Waals surface area contributed by atoms with E-state index in [1.807, 2.05) is 7.05 Å². The molecule has 0 aliphatic rings. The molecule has 3 N–H and O–H groups in total. The molecule has 0 spiro atoms. The van der Waals surface area contributed by atoms with Crippen molar-refractivity contribution in [1.82, 2.24) is 0 Å². The molecule has 52 heavy (non-hydrogen) atoms. The Kier molecular flexibility index (Phi) is 38.4. The van der Waals surface area contributed by atoms with Crippen molar-refractivity contribution in [3.8, 4) is 0 Å². The van der Waals surface area contributed by atoms with Crippen molar-refractivity contribution >= 4 is 22.1 Å². The summed E-state index contributed by atoms with van der Waals surface area (Å²) < 4.78 is 31.1. The number of unbranched alkanes of at least 4 members (excludes halogenated alkanes) is 22. The zero-order valence-electron chi connectivity index (χ0n) is 34.1. The molecule has 0 radical (unpaired) electrons. The van der Waals surface area contributed by atoms with Crippen LogP contribution < -0.4 is 5.73 Å². The molecule has 0 aromatic rings. The second kappa shape index (κ2) is 37.9. The van der Waals surface area contributed by atoms with Gasteiger partial charge in [0.2, 0.25) is 10.4 Å². The molecule has 0 aliphatic carbocycles. The summed E-state index contributed by atoms with van der Waals surface area (Å²) in [6.07, 6.45) is 41.0. The standard InChI is InChI=1S/C41H79N2O3.CH4O4S/c1-4-6-8-10-12-14-16-18-20-22-24-26-28-30-32-34-39(44)40(45)38-43(3,37-36-42)41(46)35-33-31-29-27-25-23-21-19-17-15-13-11-9-7-5-2;1-5-6(2,3)4/h18-21,40,45H,4-17,22-38,42H2,1-3H3;1H3,(H,2,3,4)/q+1;/p-1/b20-18-,21-19-;. The second-order valence-electron chi connectivity index (χ2n) is 14.7. The van der Waals surface area contributed by atoms with Crippen LogP contribution in [0.3, 0.4) is 0 Å². The summed E-state index contributed by atoms with van der Waals surface area (Å²) in [6, 6.07) is 0. The number of hydrogen-bond acceptors (Lipinski definition) is 8. The van der Waals surface area contributed by atoms with Crippen molar-refractivity contribution in [2.24, 2.45) is 5.73 Å². The van der Waals surface area contributed by atoms with E-state index in [-0.39, 0.29) is 22.7 Å². The van der Waals surface area contributed by atoms with Gasteiger partial charge in [-0.3, -0.25) is 13.5 Å². The van der Waals surface area contributed by atoms with Crippen molar-refractivity contribution in [2.45, 2.75) is 200 Å². The summed E-state index contributed by atoms with van der Waals surface area (Å²) in [5.41, 5.74) is 5.84. The first-order valence-electron chi connectivity index (χ1n) is 21.1. The monoisotopic (exact) mass is 759 g/mol. The van der Waals surface area contributed by atoms with Crippen LogP contribution in [0.4, 0.5) is 0 Å². The Morgan fingerprint density at radius 1 is 0.654 bits per heavy atom. The van der Waals surface area contributed by atoms with Crippen molar-refractivity contribution in [1.29, 1.82) is 0 Å². The summed E-state index contributed by atoms with van der Waals surface area (Å²) in [4.78, 5) is 25.8. The molecule has 2 atom stereocenters. The summed E-state index contributed by atoms with van der Waals surface area (Å²) >= 11 is 0. The number of carbonyl (C=O) groups is 2. The number of rotatable bonds is 36. The highest BCUT2D eigenvalue weighted by atomic mass is 32.3. The Hall–Kier alpha value is -1.43. The number of carbonyl (C=O) groups excluding carboxylic acids is 2. The predicted molar refractivity (Wildman–Crippen MR) is 217 cm³/mol. The molecule has 0 aromatic carbocycles. The van der Waals surface area contributed by atoms with Crippen molar-refractivity contribution in [2.75, 3.05) is 33.8 Å². The van der Waals surface area contributed by atoms with Crippen molar-refractivity contribution in [3.05, 3.63) is 24.3 Å². The van der Waals surface area contributed by atoms with E-state index in [2.05, 4.69) is 42.3 Å². The van der Waals surface area contributed by atoms with Gasteiger partial charge in [-0.1, -0.05) is 141 Å². The highest BCUT2D eigenvalue weighted by molar-refractivity contribution is 7.80. The van der Waals surface area contributed by atoms with Crippen LogP contribution in [0.1, 0.15) is 194 Å². The maximum Gasteiger partial charge on any atom is 0.313 e. The largest absolute Gasteiger partial charge is 0.726 e. The minimum Gasteiger partial charge on any atom is -0.726 e. The molecule has 2 unspecified atom stereocenters. The summed E-state index contributed by atoms with van der Waals surface area (Å²) in [5.74, 6) is -0.0382. The topological polar surface area (TPSA) is 147 Å². The number of ketones is 1. The number of allylic oxidation sites excluding steroid dienone is 4. The quantitative estimate of drug-likeness (QED) is 0.0211. The lowest BCUT2D eigenvalue weighted by Gasteiger charge is -2.33. The maximum absolute atomic E-state index is 13.1. The lowest BCUT2D eigenvalue weighted by Crippen LogP contribution is -2.56. The number of amides is 1. The molecule has 0 saturated heterocycles. The van der Waals surface area contributed by atoms with E-state index in [0.717, 1.165) is 58.5 Å². The molecule has 0 aromatic heterocycles. The Morgan fingerprint density at radius 2 is 0.981 bits per heavy atom. The molecular formula is C42H82N2O7S. The number of quaternary nitrogens is 1. The van der Waals surface area contributed by atoms with E-state index >= 15 is 0 Å². The first-order valence-corrected chi connectivity index (χ1v) is 22.4. The molecule has 308 valence electrons. The summed E-state index contributed by atoms with van der Waals surface area (Å²) in [7, 11) is -1.77. The van der Waals surface area contributed by atoms with Crippen LogP contribution in [0.25, 0.3) is 0 Å². The van der Waals surface area contributed by atoms with Gasteiger partial charge in [0.15, 0.2) is 11.9 Å². The Bertz CT molecular complexity index is 987. The van der Waals surface area contributed by atoms with Gasteiger partial charge in [0, 0.05) is 13.0 Å². The number of aliphatic hydroxyl groups is 1. The zero-order valence-corrected chi connectivity index (χ0v) is 35.0. The smallest absolute Gasteiger partial charge is 0.313 e. The molecule has 0 rings (SSSR count). The van der Waals surface area contributed by atoms with Gasteiger partial charge in [-0.2, -0.15) is 0 Å². The molecule has 1 amide bonds. The fraction of sp³-hybridized carbons (Fsp3) is 0.857. The Labute approximate surface area is 321 Å². The first-order chi connectivity index (χ1) is 25.0. The number of aliphatic hydroxyl groups excluding tert-OH is 1. The predicted octanol–water partition coefficient (Wildman–Crippen LogP) is 10.0. The number of hydrogen-bond donors (Lipinski definition) is 2. The molecule has 0 heterocycles. The SMILES string of the molecule is CCCCCCCC/C=C\CCCCCCCC(=O)C(O)C[N+](C)(CCN)C(=O)CCCCCCC/C=C\CCCCCCCC.COS(=O)(=O)[O-]. The van der Waals surface area contributed by atoms with Gasteiger partial charge < -0.3 is 15.4 Å². The van der Waals surface area contributed by atoms with Gasteiger partial charge >= 0.3 is 5.91 Å². The van der Waals surface area contributed by atoms with Gasteiger partial charge in [-0.25, -0.2) is 13.2 Å². The van der Waals surface area contributed by atoms with Crippen LogP contribution in [0.2, 0.25) is 0 Å². The van der Waals surface area contributed by atoms with Crippen LogP contribution in [0, 0.1) is 0 Å². The molecule has 0 saturated carbocycles. The average Bonchev–Trinajstić information content (AvgIpc) is 3.11. The van der Waals surface area contributed by atoms with Crippen molar-refractivity contribution < 1.29 is 36.3 Å². The molecular weight excluding hydrogens is 677 g/mol. The fourth-order valence-corrected chi connectivity index (χ4v) is 6.24. The van der Waals surface area contributed by atoms with E-state index in [1.165, 1.54) is 116 Å². The Balaban J connectivity index is 0. The number of Topliss-reactive ketones (excluding diaryl/α,β-unsaturated/α-hetero) is 1. The minimum atomic E-state index is -4.41. The van der Waals surface area contributed by atoms with E-state index in [9.17, 15) is 27.7 Å². The average molecular weight is 759 g/mol. The van der Waals surface area contributed by atoms with Crippen LogP contribution >= 0.6 is 0 Å². The van der Waals surface area contributed by atoms with E-state index in [0.29, 0.717) is 25.9 Å². The lowest BCUT2D eigenvalue weighted by atomic mass is 10.0. The third-order valence-electron chi connectivity index (χ3n) is 9.71. The first kappa shape index (κ1) is 52.7. The molecule has 10 heteroatoms.